The van der Waals surface area contributed by atoms with Gasteiger partial charge in [-0.2, -0.15) is 5.10 Å². The summed E-state index contributed by atoms with van der Waals surface area (Å²) in [7, 11) is 0. The van der Waals surface area contributed by atoms with Crippen LogP contribution in [0.1, 0.15) is 55.2 Å². The van der Waals surface area contributed by atoms with Crippen molar-refractivity contribution in [3.63, 3.8) is 0 Å². The monoisotopic (exact) mass is 334 g/mol. The highest BCUT2D eigenvalue weighted by atomic mass is 16.5. The van der Waals surface area contributed by atoms with E-state index >= 15 is 0 Å². The number of H-pyrrole nitrogens is 1. The van der Waals surface area contributed by atoms with Gasteiger partial charge in [-0.05, 0) is 31.2 Å². The molecule has 2 atom stereocenters. The van der Waals surface area contributed by atoms with Crippen LogP contribution in [0.5, 0.6) is 0 Å². The van der Waals surface area contributed by atoms with Gasteiger partial charge >= 0.3 is 0 Å². The number of carbonyl (C=O) groups is 2. The van der Waals surface area contributed by atoms with Gasteiger partial charge in [0.25, 0.3) is 5.91 Å². The molecule has 2 amide bonds. The first-order valence-electron chi connectivity index (χ1n) is 8.77. The second kappa shape index (κ2) is 7.34. The first-order valence-corrected chi connectivity index (χ1v) is 8.77. The van der Waals surface area contributed by atoms with Crippen LogP contribution in [0.3, 0.4) is 0 Å². The Labute approximate surface area is 142 Å². The highest BCUT2D eigenvalue weighted by Gasteiger charge is 2.31. The number of rotatable bonds is 4. The first kappa shape index (κ1) is 17.0. The predicted molar refractivity (Wildman–Crippen MR) is 88.7 cm³/mol. The van der Waals surface area contributed by atoms with Crippen molar-refractivity contribution < 1.29 is 14.3 Å². The maximum atomic E-state index is 12.5. The van der Waals surface area contributed by atoms with Crippen LogP contribution in [0.25, 0.3) is 0 Å². The van der Waals surface area contributed by atoms with E-state index in [0.717, 1.165) is 31.6 Å². The highest BCUT2D eigenvalue weighted by molar-refractivity contribution is 5.92. The van der Waals surface area contributed by atoms with Crippen LogP contribution in [0.2, 0.25) is 0 Å². The smallest absolute Gasteiger partial charge is 0.271 e. The number of amides is 2. The van der Waals surface area contributed by atoms with Crippen molar-refractivity contribution in [1.82, 2.24) is 20.4 Å². The molecule has 1 aromatic heterocycles. The Bertz CT molecular complexity index is 592. The molecule has 132 valence electrons. The molecule has 0 bridgehead atoms. The Morgan fingerprint density at radius 1 is 1.42 bits per heavy atom. The molecule has 0 radical (unpaired) electrons. The van der Waals surface area contributed by atoms with Crippen LogP contribution >= 0.6 is 0 Å². The number of nitrogens with zero attached hydrogens (tertiary/aromatic N) is 2. The molecule has 2 N–H and O–H groups in total. The number of aromatic nitrogens is 2. The van der Waals surface area contributed by atoms with Crippen molar-refractivity contribution in [3.8, 4) is 0 Å². The number of hydrogen-bond donors (Lipinski definition) is 2. The summed E-state index contributed by atoms with van der Waals surface area (Å²) < 4.78 is 5.37. The third-order valence-electron chi connectivity index (χ3n) is 4.77. The molecule has 0 aliphatic carbocycles. The zero-order valence-electron chi connectivity index (χ0n) is 14.4. The maximum Gasteiger partial charge on any atom is 0.271 e. The number of likely N-dealkylation sites (tertiary alicyclic amines) is 1. The van der Waals surface area contributed by atoms with Gasteiger partial charge in [0.05, 0.1) is 18.2 Å². The van der Waals surface area contributed by atoms with E-state index in [2.05, 4.69) is 15.5 Å². The Balaban J connectivity index is 1.52. The average Bonchev–Trinajstić information content (AvgIpc) is 3.24. The molecule has 7 heteroatoms. The quantitative estimate of drug-likeness (QED) is 0.868. The standard InChI is InChI=1S/C17H26N4O3/c1-11(2)14-8-15(20-19-14)17(23)21-6-5-13(9-21)18-16(22)12-4-3-7-24-10-12/h8,11-13H,3-7,9-10H2,1-2H3,(H,18,22)(H,19,20). The third-order valence-corrected chi connectivity index (χ3v) is 4.77. The number of aromatic amines is 1. The molecule has 7 nitrogen and oxygen atoms in total. The second-order valence-corrected chi connectivity index (χ2v) is 7.02. The van der Waals surface area contributed by atoms with Gasteiger partial charge in [0.15, 0.2) is 0 Å². The zero-order valence-corrected chi connectivity index (χ0v) is 14.4. The van der Waals surface area contributed by atoms with E-state index in [4.69, 9.17) is 4.74 Å². The van der Waals surface area contributed by atoms with Gasteiger partial charge in [-0.15, -0.1) is 0 Å². The Morgan fingerprint density at radius 3 is 2.92 bits per heavy atom. The first-order chi connectivity index (χ1) is 11.5. The fraction of sp³-hybridized carbons (Fsp3) is 0.706. The minimum absolute atomic E-state index is 0.0240. The number of hydrogen-bond acceptors (Lipinski definition) is 4. The minimum atomic E-state index is -0.0512. The summed E-state index contributed by atoms with van der Waals surface area (Å²) in [5.74, 6) is 0.237. The van der Waals surface area contributed by atoms with Crippen LogP contribution in [0.15, 0.2) is 6.07 Å². The summed E-state index contributed by atoms with van der Waals surface area (Å²) in [5.41, 5.74) is 1.41. The van der Waals surface area contributed by atoms with Crippen molar-refractivity contribution in [2.75, 3.05) is 26.3 Å². The largest absolute Gasteiger partial charge is 0.381 e. The normalized spacial score (nSPS) is 24.4. The van der Waals surface area contributed by atoms with E-state index in [1.165, 1.54) is 0 Å². The van der Waals surface area contributed by atoms with E-state index in [1.54, 1.807) is 4.90 Å². The molecular weight excluding hydrogens is 308 g/mol. The van der Waals surface area contributed by atoms with Gasteiger partial charge in [-0.25, -0.2) is 0 Å². The minimum Gasteiger partial charge on any atom is -0.381 e. The van der Waals surface area contributed by atoms with Crippen LogP contribution in [0.4, 0.5) is 0 Å². The third kappa shape index (κ3) is 3.77. The SMILES string of the molecule is CC(C)c1cc(C(=O)N2CCC(NC(=O)C3CCCOC3)C2)[nH]n1. The van der Waals surface area contributed by atoms with Crippen molar-refractivity contribution in [1.29, 1.82) is 0 Å². The fourth-order valence-electron chi connectivity index (χ4n) is 3.24. The summed E-state index contributed by atoms with van der Waals surface area (Å²) in [5, 5.41) is 10.1. The lowest BCUT2D eigenvalue weighted by Crippen LogP contribution is -2.43. The van der Waals surface area contributed by atoms with Crippen molar-refractivity contribution in [2.45, 2.75) is 45.1 Å². The van der Waals surface area contributed by atoms with E-state index in [-0.39, 0.29) is 29.7 Å². The zero-order chi connectivity index (χ0) is 17.1. The van der Waals surface area contributed by atoms with Gasteiger partial charge < -0.3 is 15.0 Å². The van der Waals surface area contributed by atoms with Gasteiger partial charge in [-0.1, -0.05) is 13.8 Å². The lowest BCUT2D eigenvalue weighted by Gasteiger charge is -2.23. The predicted octanol–water partition coefficient (Wildman–Crippen LogP) is 1.29. The lowest BCUT2D eigenvalue weighted by atomic mass is 10.0. The van der Waals surface area contributed by atoms with E-state index in [0.29, 0.717) is 25.4 Å². The summed E-state index contributed by atoms with van der Waals surface area (Å²) >= 11 is 0. The molecule has 24 heavy (non-hydrogen) atoms. The summed E-state index contributed by atoms with van der Waals surface area (Å²) in [4.78, 5) is 26.6. The molecule has 3 rings (SSSR count). The maximum absolute atomic E-state index is 12.5. The van der Waals surface area contributed by atoms with Crippen LogP contribution in [0, 0.1) is 5.92 Å². The number of ether oxygens (including phenoxy) is 1. The van der Waals surface area contributed by atoms with Gasteiger partial charge in [0, 0.05) is 25.7 Å². The van der Waals surface area contributed by atoms with Crippen LogP contribution < -0.4 is 5.32 Å². The number of nitrogens with one attached hydrogen (secondary N) is 2. The highest BCUT2D eigenvalue weighted by Crippen LogP contribution is 2.18. The molecule has 2 fully saturated rings. The molecule has 2 saturated heterocycles. The Hall–Kier alpha value is -1.89. The summed E-state index contributed by atoms with van der Waals surface area (Å²) in [6.45, 7) is 6.54. The molecule has 2 unspecified atom stereocenters. The topological polar surface area (TPSA) is 87.3 Å². The van der Waals surface area contributed by atoms with Gasteiger partial charge in [0.1, 0.15) is 5.69 Å². The van der Waals surface area contributed by atoms with E-state index in [9.17, 15) is 9.59 Å². The van der Waals surface area contributed by atoms with Crippen molar-refractivity contribution >= 4 is 11.8 Å². The van der Waals surface area contributed by atoms with E-state index < -0.39 is 0 Å². The lowest BCUT2D eigenvalue weighted by molar-refractivity contribution is -0.129. The van der Waals surface area contributed by atoms with E-state index in [1.807, 2.05) is 19.9 Å². The molecule has 0 spiro atoms. The average molecular weight is 334 g/mol. The van der Waals surface area contributed by atoms with Gasteiger partial charge in [-0.3, -0.25) is 14.7 Å². The van der Waals surface area contributed by atoms with Crippen LogP contribution in [-0.4, -0.2) is 59.3 Å². The van der Waals surface area contributed by atoms with Crippen molar-refractivity contribution in [2.24, 2.45) is 5.92 Å². The summed E-state index contributed by atoms with van der Waals surface area (Å²) in [6.07, 6.45) is 2.61. The molecule has 0 saturated carbocycles. The second-order valence-electron chi connectivity index (χ2n) is 7.02. The molecule has 1 aromatic rings. The Morgan fingerprint density at radius 2 is 2.25 bits per heavy atom. The molecule has 0 aromatic carbocycles. The Kier molecular flexibility index (Phi) is 5.18. The molecule has 2 aliphatic heterocycles. The van der Waals surface area contributed by atoms with Crippen LogP contribution in [-0.2, 0) is 9.53 Å². The molecular formula is C17H26N4O3. The fourth-order valence-corrected chi connectivity index (χ4v) is 3.24. The molecule has 2 aliphatic rings. The molecule has 3 heterocycles. The van der Waals surface area contributed by atoms with Crippen molar-refractivity contribution in [3.05, 3.63) is 17.5 Å². The van der Waals surface area contributed by atoms with Gasteiger partial charge in [0.2, 0.25) is 5.91 Å². The number of carbonyl (C=O) groups excluding carboxylic acids is 2. The summed E-state index contributed by atoms with van der Waals surface area (Å²) in [6, 6.07) is 1.84.